The second-order valence-electron chi connectivity index (χ2n) is 3.75. The summed E-state index contributed by atoms with van der Waals surface area (Å²) in [6.07, 6.45) is 2.75. The van der Waals surface area contributed by atoms with Gasteiger partial charge in [0.15, 0.2) is 0 Å². The number of halogens is 1. The van der Waals surface area contributed by atoms with Gasteiger partial charge in [-0.3, -0.25) is 4.79 Å². The van der Waals surface area contributed by atoms with Crippen molar-refractivity contribution in [3.05, 3.63) is 23.0 Å². The number of aryl methyl sites for hydroxylation is 1. The average Bonchev–Trinajstić information content (AvgIpc) is 2.59. The van der Waals surface area contributed by atoms with Gasteiger partial charge in [0.25, 0.3) is 5.91 Å². The molecule has 5 heteroatoms. The Bertz CT molecular complexity index is 362. The summed E-state index contributed by atoms with van der Waals surface area (Å²) in [4.78, 5) is 13.6. The minimum absolute atomic E-state index is 0.0363. The maximum absolute atomic E-state index is 12.0. The molecule has 1 aromatic rings. The summed E-state index contributed by atoms with van der Waals surface area (Å²) in [6, 6.07) is 1.70. The van der Waals surface area contributed by atoms with Crippen LogP contribution in [0, 0.1) is 0 Å². The molecule has 1 rings (SSSR count). The summed E-state index contributed by atoms with van der Waals surface area (Å²) >= 11 is 5.91. The molecule has 0 radical (unpaired) electrons. The van der Waals surface area contributed by atoms with Crippen LogP contribution in [-0.2, 0) is 6.54 Å². The predicted molar refractivity (Wildman–Crippen MR) is 65.7 cm³/mol. The molecule has 0 atom stereocenters. The van der Waals surface area contributed by atoms with Crippen LogP contribution in [0.3, 0.4) is 0 Å². The van der Waals surface area contributed by atoms with Gasteiger partial charge in [0.2, 0.25) is 0 Å². The maximum atomic E-state index is 12.0. The Labute approximate surface area is 101 Å². The van der Waals surface area contributed by atoms with Gasteiger partial charge in [-0.05, 0) is 12.5 Å². The molecule has 90 valence electrons. The molecular formula is C11H18ClN3O. The molecule has 2 N–H and O–H groups in total. The predicted octanol–water partition coefficient (Wildman–Crippen LogP) is 1.58. The molecular weight excluding hydrogens is 226 g/mol. The van der Waals surface area contributed by atoms with Crippen LogP contribution in [0.5, 0.6) is 0 Å². The lowest BCUT2D eigenvalue weighted by Crippen LogP contribution is -2.33. The Morgan fingerprint density at radius 3 is 2.88 bits per heavy atom. The molecule has 0 aliphatic heterocycles. The van der Waals surface area contributed by atoms with E-state index in [9.17, 15) is 4.79 Å². The van der Waals surface area contributed by atoms with Crippen molar-refractivity contribution in [3.63, 3.8) is 0 Å². The van der Waals surface area contributed by atoms with Crippen molar-refractivity contribution in [2.75, 3.05) is 20.1 Å². The standard InChI is InChI=1S/C11H18ClN3O/c1-3-5-15-8-9(12)7-10(15)11(16)14(2)6-4-13/h7-8H,3-6,13H2,1-2H3. The van der Waals surface area contributed by atoms with Gasteiger partial charge in [-0.1, -0.05) is 18.5 Å². The van der Waals surface area contributed by atoms with Crippen LogP contribution in [0.1, 0.15) is 23.8 Å². The van der Waals surface area contributed by atoms with Gasteiger partial charge < -0.3 is 15.2 Å². The highest BCUT2D eigenvalue weighted by Gasteiger charge is 2.16. The van der Waals surface area contributed by atoms with Gasteiger partial charge in [-0.25, -0.2) is 0 Å². The quantitative estimate of drug-likeness (QED) is 0.854. The van der Waals surface area contributed by atoms with E-state index in [1.807, 2.05) is 4.57 Å². The van der Waals surface area contributed by atoms with Crippen molar-refractivity contribution in [2.24, 2.45) is 5.73 Å². The molecule has 0 saturated carbocycles. The number of rotatable bonds is 5. The van der Waals surface area contributed by atoms with Crippen LogP contribution in [0.4, 0.5) is 0 Å². The number of likely N-dealkylation sites (N-methyl/N-ethyl adjacent to an activating group) is 1. The van der Waals surface area contributed by atoms with E-state index in [0.29, 0.717) is 23.8 Å². The number of hydrogen-bond donors (Lipinski definition) is 1. The lowest BCUT2D eigenvalue weighted by molar-refractivity contribution is 0.0788. The van der Waals surface area contributed by atoms with E-state index >= 15 is 0 Å². The first-order valence-corrected chi connectivity index (χ1v) is 5.79. The number of amides is 1. The van der Waals surface area contributed by atoms with Gasteiger partial charge in [0.1, 0.15) is 5.69 Å². The maximum Gasteiger partial charge on any atom is 0.270 e. The Balaban J connectivity index is 2.89. The highest BCUT2D eigenvalue weighted by atomic mass is 35.5. The van der Waals surface area contributed by atoms with Crippen molar-refractivity contribution < 1.29 is 4.79 Å². The summed E-state index contributed by atoms with van der Waals surface area (Å²) in [5, 5.41) is 0.595. The average molecular weight is 244 g/mol. The number of carbonyl (C=O) groups is 1. The third-order valence-corrected chi connectivity index (χ3v) is 2.56. The normalized spacial score (nSPS) is 10.5. The zero-order valence-corrected chi connectivity index (χ0v) is 10.5. The van der Waals surface area contributed by atoms with Gasteiger partial charge >= 0.3 is 0 Å². The van der Waals surface area contributed by atoms with Gasteiger partial charge in [0.05, 0.1) is 5.02 Å². The van der Waals surface area contributed by atoms with E-state index in [1.54, 1.807) is 24.2 Å². The van der Waals surface area contributed by atoms with Crippen LogP contribution >= 0.6 is 11.6 Å². The Hall–Kier alpha value is -1.00. The first kappa shape index (κ1) is 13.1. The van der Waals surface area contributed by atoms with E-state index in [2.05, 4.69) is 6.92 Å². The molecule has 1 heterocycles. The van der Waals surface area contributed by atoms with Gasteiger partial charge in [0, 0.05) is 32.9 Å². The Morgan fingerprint density at radius 1 is 1.62 bits per heavy atom. The lowest BCUT2D eigenvalue weighted by atomic mass is 10.3. The third-order valence-electron chi connectivity index (χ3n) is 2.36. The largest absolute Gasteiger partial charge is 0.342 e. The van der Waals surface area contributed by atoms with E-state index < -0.39 is 0 Å². The summed E-state index contributed by atoms with van der Waals surface area (Å²) in [5.41, 5.74) is 6.05. The van der Waals surface area contributed by atoms with E-state index in [4.69, 9.17) is 17.3 Å². The van der Waals surface area contributed by atoms with Crippen LogP contribution in [0.25, 0.3) is 0 Å². The number of carbonyl (C=O) groups excluding carboxylic acids is 1. The smallest absolute Gasteiger partial charge is 0.270 e. The van der Waals surface area contributed by atoms with Crippen LogP contribution in [0.2, 0.25) is 5.02 Å². The highest BCUT2D eigenvalue weighted by molar-refractivity contribution is 6.31. The fourth-order valence-corrected chi connectivity index (χ4v) is 1.79. The minimum atomic E-state index is -0.0363. The molecule has 0 saturated heterocycles. The molecule has 1 amide bonds. The van der Waals surface area contributed by atoms with Crippen molar-refractivity contribution in [1.82, 2.24) is 9.47 Å². The van der Waals surface area contributed by atoms with Gasteiger partial charge in [-0.15, -0.1) is 0 Å². The first-order chi connectivity index (χ1) is 7.60. The number of aromatic nitrogens is 1. The molecule has 0 spiro atoms. The SMILES string of the molecule is CCCn1cc(Cl)cc1C(=O)N(C)CCN. The lowest BCUT2D eigenvalue weighted by Gasteiger charge is -2.17. The van der Waals surface area contributed by atoms with E-state index in [0.717, 1.165) is 13.0 Å². The van der Waals surface area contributed by atoms with Crippen LogP contribution < -0.4 is 5.73 Å². The topological polar surface area (TPSA) is 51.3 Å². The summed E-state index contributed by atoms with van der Waals surface area (Å²) in [7, 11) is 1.74. The molecule has 0 aliphatic rings. The molecule has 0 fully saturated rings. The molecule has 16 heavy (non-hydrogen) atoms. The summed E-state index contributed by atoms with van der Waals surface area (Å²) in [5.74, 6) is -0.0363. The summed E-state index contributed by atoms with van der Waals surface area (Å²) in [6.45, 7) is 3.87. The first-order valence-electron chi connectivity index (χ1n) is 5.41. The summed E-state index contributed by atoms with van der Waals surface area (Å²) < 4.78 is 1.89. The Kier molecular flexibility index (Phi) is 4.83. The van der Waals surface area contributed by atoms with Crippen molar-refractivity contribution in [1.29, 1.82) is 0 Å². The second kappa shape index (κ2) is 5.92. The molecule has 0 bridgehead atoms. The van der Waals surface area contributed by atoms with Crippen molar-refractivity contribution in [2.45, 2.75) is 19.9 Å². The minimum Gasteiger partial charge on any atom is -0.342 e. The number of nitrogens with two attached hydrogens (primary N) is 1. The second-order valence-corrected chi connectivity index (χ2v) is 4.19. The monoisotopic (exact) mass is 243 g/mol. The Morgan fingerprint density at radius 2 is 2.31 bits per heavy atom. The van der Waals surface area contributed by atoms with Crippen molar-refractivity contribution >= 4 is 17.5 Å². The molecule has 1 aromatic heterocycles. The molecule has 0 aromatic carbocycles. The fourth-order valence-electron chi connectivity index (χ4n) is 1.57. The highest BCUT2D eigenvalue weighted by Crippen LogP contribution is 2.16. The number of nitrogens with zero attached hydrogens (tertiary/aromatic N) is 2. The van der Waals surface area contributed by atoms with Gasteiger partial charge in [-0.2, -0.15) is 0 Å². The fraction of sp³-hybridized carbons (Fsp3) is 0.545. The van der Waals surface area contributed by atoms with E-state index in [1.165, 1.54) is 0 Å². The number of hydrogen-bond acceptors (Lipinski definition) is 2. The molecule has 4 nitrogen and oxygen atoms in total. The molecule has 0 aliphatic carbocycles. The zero-order valence-electron chi connectivity index (χ0n) is 9.74. The van der Waals surface area contributed by atoms with E-state index in [-0.39, 0.29) is 5.91 Å². The third kappa shape index (κ3) is 3.00. The van der Waals surface area contributed by atoms with Crippen LogP contribution in [0.15, 0.2) is 12.3 Å². The zero-order chi connectivity index (χ0) is 12.1. The molecule has 0 unspecified atom stereocenters. The van der Waals surface area contributed by atoms with Crippen molar-refractivity contribution in [3.8, 4) is 0 Å². The van der Waals surface area contributed by atoms with Crippen LogP contribution in [-0.4, -0.2) is 35.5 Å².